The molecule has 1 aliphatic rings. The Morgan fingerprint density at radius 3 is 2.68 bits per heavy atom. The van der Waals surface area contributed by atoms with Crippen LogP contribution in [0.15, 0.2) is 23.1 Å². The number of nitrogens with zero attached hydrogens (tertiary/aromatic N) is 1. The van der Waals surface area contributed by atoms with Gasteiger partial charge in [-0.15, -0.1) is 0 Å². The third-order valence-corrected chi connectivity index (χ3v) is 5.54. The van der Waals surface area contributed by atoms with Crippen molar-refractivity contribution in [3.05, 3.63) is 18.2 Å². The van der Waals surface area contributed by atoms with Crippen molar-refractivity contribution in [3.63, 3.8) is 0 Å². The molecule has 1 fully saturated rings. The summed E-state index contributed by atoms with van der Waals surface area (Å²) >= 11 is 0. The molecule has 106 valence electrons. The van der Waals surface area contributed by atoms with Crippen molar-refractivity contribution in [3.8, 4) is 5.75 Å². The maximum atomic E-state index is 12.6. The molecule has 1 unspecified atom stereocenters. The van der Waals surface area contributed by atoms with Gasteiger partial charge in [0.1, 0.15) is 5.75 Å². The molecule has 1 heterocycles. The Morgan fingerprint density at radius 1 is 1.42 bits per heavy atom. The molecule has 6 heteroatoms. The van der Waals surface area contributed by atoms with Crippen LogP contribution in [0.1, 0.15) is 26.7 Å². The molecule has 19 heavy (non-hydrogen) atoms. The first-order chi connectivity index (χ1) is 8.84. The number of hydrogen-bond acceptors (Lipinski definition) is 4. The summed E-state index contributed by atoms with van der Waals surface area (Å²) < 4.78 is 26.8. The fourth-order valence-corrected chi connectivity index (χ4v) is 4.42. The number of phenolic OH excluding ortho intramolecular Hbond substituents is 1. The number of nitrogens with two attached hydrogens (primary N) is 1. The molecule has 0 radical (unpaired) electrons. The minimum atomic E-state index is -3.53. The van der Waals surface area contributed by atoms with Gasteiger partial charge in [0.05, 0.1) is 10.6 Å². The Bertz CT molecular complexity index is 569. The van der Waals surface area contributed by atoms with E-state index in [9.17, 15) is 13.5 Å². The van der Waals surface area contributed by atoms with E-state index in [-0.39, 0.29) is 28.3 Å². The minimum absolute atomic E-state index is 0.0417. The van der Waals surface area contributed by atoms with E-state index in [1.165, 1.54) is 18.2 Å². The first-order valence-corrected chi connectivity index (χ1v) is 7.88. The summed E-state index contributed by atoms with van der Waals surface area (Å²) in [7, 11) is -3.53. The maximum absolute atomic E-state index is 12.6. The molecular weight excluding hydrogens is 264 g/mol. The molecule has 0 spiro atoms. The highest BCUT2D eigenvalue weighted by Crippen LogP contribution is 2.32. The lowest BCUT2D eigenvalue weighted by Crippen LogP contribution is -2.38. The van der Waals surface area contributed by atoms with Gasteiger partial charge in [-0.1, -0.05) is 13.8 Å². The highest BCUT2D eigenvalue weighted by molar-refractivity contribution is 7.89. The van der Waals surface area contributed by atoms with Crippen LogP contribution in [0, 0.1) is 5.92 Å². The van der Waals surface area contributed by atoms with Gasteiger partial charge in [-0.3, -0.25) is 0 Å². The standard InChI is InChI=1S/C13H20N2O3S/c1-9(2)12-4-3-7-15(12)19(17,18)10-5-6-13(16)11(14)8-10/h5-6,8-9,12,16H,3-4,7,14H2,1-2H3. The minimum Gasteiger partial charge on any atom is -0.506 e. The number of phenols is 1. The van der Waals surface area contributed by atoms with Crippen molar-refractivity contribution in [2.24, 2.45) is 5.92 Å². The summed E-state index contributed by atoms with van der Waals surface area (Å²) in [4.78, 5) is 0.148. The van der Waals surface area contributed by atoms with Crippen molar-refractivity contribution in [1.82, 2.24) is 4.31 Å². The summed E-state index contributed by atoms with van der Waals surface area (Å²) in [6.07, 6.45) is 1.78. The molecule has 3 N–H and O–H groups in total. The Kier molecular flexibility index (Phi) is 3.73. The van der Waals surface area contributed by atoms with Gasteiger partial charge in [-0.25, -0.2) is 8.42 Å². The summed E-state index contributed by atoms with van der Waals surface area (Å²) in [5.74, 6) is 0.188. The predicted octanol–water partition coefficient (Wildman–Crippen LogP) is 1.78. The van der Waals surface area contributed by atoms with Crippen LogP contribution in [0.3, 0.4) is 0 Å². The van der Waals surface area contributed by atoms with Crippen molar-refractivity contribution < 1.29 is 13.5 Å². The second-order valence-corrected chi connectivity index (χ2v) is 7.18. The fourth-order valence-electron chi connectivity index (χ4n) is 2.56. The molecule has 2 rings (SSSR count). The Balaban J connectivity index is 2.39. The SMILES string of the molecule is CC(C)C1CCCN1S(=O)(=O)c1ccc(O)c(N)c1. The third kappa shape index (κ3) is 2.55. The van der Waals surface area contributed by atoms with Gasteiger partial charge in [0, 0.05) is 12.6 Å². The zero-order valence-corrected chi connectivity index (χ0v) is 12.0. The molecule has 5 nitrogen and oxygen atoms in total. The highest BCUT2D eigenvalue weighted by atomic mass is 32.2. The number of anilines is 1. The van der Waals surface area contributed by atoms with Crippen LogP contribution < -0.4 is 5.73 Å². The van der Waals surface area contributed by atoms with E-state index in [4.69, 9.17) is 5.73 Å². The normalized spacial score (nSPS) is 21.1. The zero-order chi connectivity index (χ0) is 14.2. The van der Waals surface area contributed by atoms with Crippen LogP contribution >= 0.6 is 0 Å². The molecule has 0 saturated carbocycles. The molecule has 1 saturated heterocycles. The molecule has 1 aliphatic heterocycles. The van der Waals surface area contributed by atoms with Crippen molar-refractivity contribution in [1.29, 1.82) is 0 Å². The number of benzene rings is 1. The molecular formula is C13H20N2O3S. The average molecular weight is 284 g/mol. The van der Waals surface area contributed by atoms with Gasteiger partial charge >= 0.3 is 0 Å². The van der Waals surface area contributed by atoms with Gasteiger partial charge in [0.25, 0.3) is 0 Å². The molecule has 0 aliphatic carbocycles. The molecule has 1 aromatic carbocycles. The molecule has 0 aromatic heterocycles. The number of nitrogen functional groups attached to an aromatic ring is 1. The lowest BCUT2D eigenvalue weighted by Gasteiger charge is -2.27. The summed E-state index contributed by atoms with van der Waals surface area (Å²) in [6.45, 7) is 4.61. The Hall–Kier alpha value is -1.27. The van der Waals surface area contributed by atoms with Gasteiger partial charge in [-0.2, -0.15) is 4.31 Å². The van der Waals surface area contributed by atoms with Crippen molar-refractivity contribution in [2.45, 2.75) is 37.6 Å². The lowest BCUT2D eigenvalue weighted by atomic mass is 10.0. The van der Waals surface area contributed by atoms with E-state index in [2.05, 4.69) is 0 Å². The highest BCUT2D eigenvalue weighted by Gasteiger charge is 2.36. The topological polar surface area (TPSA) is 83.6 Å². The molecule has 0 bridgehead atoms. The quantitative estimate of drug-likeness (QED) is 0.654. The molecule has 1 aromatic rings. The first kappa shape index (κ1) is 14.1. The van der Waals surface area contributed by atoms with Gasteiger partial charge < -0.3 is 10.8 Å². The van der Waals surface area contributed by atoms with Crippen LogP contribution in [0.25, 0.3) is 0 Å². The van der Waals surface area contributed by atoms with E-state index >= 15 is 0 Å². The van der Waals surface area contributed by atoms with Crippen LogP contribution in [-0.2, 0) is 10.0 Å². The van der Waals surface area contributed by atoms with Crippen LogP contribution in [0.5, 0.6) is 5.75 Å². The number of rotatable bonds is 3. The number of hydrogen-bond donors (Lipinski definition) is 2. The number of sulfonamides is 1. The Labute approximate surface area is 114 Å². The second-order valence-electron chi connectivity index (χ2n) is 5.29. The van der Waals surface area contributed by atoms with E-state index in [1.807, 2.05) is 13.8 Å². The van der Waals surface area contributed by atoms with E-state index in [0.717, 1.165) is 12.8 Å². The predicted molar refractivity (Wildman–Crippen MR) is 74.3 cm³/mol. The summed E-state index contributed by atoms with van der Waals surface area (Å²) in [5.41, 5.74) is 5.66. The van der Waals surface area contributed by atoms with Gasteiger partial charge in [0.2, 0.25) is 10.0 Å². The van der Waals surface area contributed by atoms with Gasteiger partial charge in [0.15, 0.2) is 0 Å². The Morgan fingerprint density at radius 2 is 2.11 bits per heavy atom. The van der Waals surface area contributed by atoms with Crippen molar-refractivity contribution in [2.75, 3.05) is 12.3 Å². The third-order valence-electron chi connectivity index (χ3n) is 3.62. The summed E-state index contributed by atoms with van der Waals surface area (Å²) in [6, 6.07) is 4.08. The zero-order valence-electron chi connectivity index (χ0n) is 11.2. The first-order valence-electron chi connectivity index (χ1n) is 6.44. The van der Waals surface area contributed by atoms with E-state index in [0.29, 0.717) is 6.54 Å². The largest absolute Gasteiger partial charge is 0.506 e. The van der Waals surface area contributed by atoms with Crippen LogP contribution in [0.4, 0.5) is 5.69 Å². The second kappa shape index (κ2) is 5.02. The monoisotopic (exact) mass is 284 g/mol. The number of aromatic hydroxyl groups is 1. The summed E-state index contributed by atoms with van der Waals surface area (Å²) in [5, 5.41) is 9.38. The molecule has 1 atom stereocenters. The van der Waals surface area contributed by atoms with Crippen LogP contribution in [-0.4, -0.2) is 30.4 Å². The average Bonchev–Trinajstić information content (AvgIpc) is 2.82. The molecule has 0 amide bonds. The maximum Gasteiger partial charge on any atom is 0.243 e. The van der Waals surface area contributed by atoms with Crippen molar-refractivity contribution >= 4 is 15.7 Å². The smallest absolute Gasteiger partial charge is 0.243 e. The lowest BCUT2D eigenvalue weighted by molar-refractivity contribution is 0.316. The van der Waals surface area contributed by atoms with E-state index in [1.54, 1.807) is 4.31 Å². The van der Waals surface area contributed by atoms with Gasteiger partial charge in [-0.05, 0) is 37.0 Å². The fraction of sp³-hybridized carbons (Fsp3) is 0.538. The van der Waals surface area contributed by atoms with Crippen LogP contribution in [0.2, 0.25) is 0 Å². The van der Waals surface area contributed by atoms with E-state index < -0.39 is 10.0 Å².